The summed E-state index contributed by atoms with van der Waals surface area (Å²) in [4.78, 5) is 93.0. The fourth-order valence-electron chi connectivity index (χ4n) is 7.61. The second-order valence-corrected chi connectivity index (χ2v) is 22.9. The van der Waals surface area contributed by atoms with Crippen LogP contribution in [0.3, 0.4) is 0 Å². The highest BCUT2D eigenvalue weighted by Crippen LogP contribution is 2.53. The van der Waals surface area contributed by atoms with E-state index in [4.69, 9.17) is 18.5 Å². The molecule has 6 unspecified atom stereocenters. The minimum atomic E-state index is -5.80. The summed E-state index contributed by atoms with van der Waals surface area (Å²) in [5, 5.41) is 21.9. The summed E-state index contributed by atoms with van der Waals surface area (Å²) in [6.45, 7) is 2.71. The molecule has 0 aromatic rings. The monoisotopic (exact) mass is 1130 g/mol. The van der Waals surface area contributed by atoms with Gasteiger partial charge in [0.2, 0.25) is 0 Å². The molecule has 0 aromatic heterocycles. The van der Waals surface area contributed by atoms with Crippen LogP contribution in [0.5, 0.6) is 0 Å². The first-order valence-electron chi connectivity index (χ1n) is 25.7. The number of allylic oxidation sites excluding steroid dienone is 8. The second kappa shape index (κ2) is 39.6. The van der Waals surface area contributed by atoms with Crippen molar-refractivity contribution in [2.45, 2.75) is 224 Å². The molecule has 0 amide bonds. The molecule has 1 aliphatic carbocycles. The van der Waals surface area contributed by atoms with Crippen molar-refractivity contribution in [3.05, 3.63) is 48.6 Å². The summed E-state index contributed by atoms with van der Waals surface area (Å²) in [6.07, 6.45) is 23.1. The van der Waals surface area contributed by atoms with Gasteiger partial charge < -0.3 is 53.9 Å². The molecule has 26 heteroatoms. The number of hydrogen-bond acceptors (Lipinski definition) is 15. The van der Waals surface area contributed by atoms with Gasteiger partial charge in [-0.05, 0) is 77.0 Å². The molecule has 0 aliphatic heterocycles. The third kappa shape index (κ3) is 37.6. The van der Waals surface area contributed by atoms with Crippen molar-refractivity contribution in [2.24, 2.45) is 0 Å². The number of phosphoric ester groups is 4. The van der Waals surface area contributed by atoms with Crippen molar-refractivity contribution in [1.29, 1.82) is 0 Å². The van der Waals surface area contributed by atoms with Gasteiger partial charge in [0.25, 0.3) is 0 Å². The quantitative estimate of drug-likeness (QED) is 0.0119. The molecule has 9 N–H and O–H groups in total. The molecule has 0 saturated heterocycles. The SMILES string of the molecule is CCCCCC=CCC=CCC=CCCCCCCC(=O)O[C@H](COC(=O)CCCCCCCC=CCCCCCCCC)COP(=O)(O)OC1C(O)C(OP(=O)(O)O)C(OP(=O)(O)O)[C@@H](OP(=O)(O)O)C1O. The zero-order chi connectivity index (χ0) is 54.6. The third-order valence-electron chi connectivity index (χ3n) is 11.3. The molecular formula is C47H86O22P4. The zero-order valence-electron chi connectivity index (χ0n) is 42.6. The van der Waals surface area contributed by atoms with E-state index in [1.54, 1.807) is 0 Å². The second-order valence-electron chi connectivity index (χ2n) is 18.0. The summed E-state index contributed by atoms with van der Waals surface area (Å²) in [7, 11) is -23.0. The first-order chi connectivity index (χ1) is 34.5. The molecule has 0 spiro atoms. The van der Waals surface area contributed by atoms with E-state index in [1.165, 1.54) is 57.8 Å². The van der Waals surface area contributed by atoms with Crippen LogP contribution in [0.25, 0.3) is 0 Å². The van der Waals surface area contributed by atoms with Gasteiger partial charge in [0, 0.05) is 12.8 Å². The summed E-state index contributed by atoms with van der Waals surface area (Å²) < 4.78 is 82.2. The molecule has 426 valence electrons. The van der Waals surface area contributed by atoms with Gasteiger partial charge in [-0.25, -0.2) is 18.3 Å². The lowest BCUT2D eigenvalue weighted by atomic mass is 9.85. The highest BCUT2D eigenvalue weighted by molar-refractivity contribution is 7.47. The van der Waals surface area contributed by atoms with E-state index in [9.17, 15) is 72.3 Å². The Morgan fingerprint density at radius 2 is 0.795 bits per heavy atom. The van der Waals surface area contributed by atoms with Crippen LogP contribution in [0.15, 0.2) is 48.6 Å². The number of ether oxygens (including phenoxy) is 2. The molecule has 0 heterocycles. The van der Waals surface area contributed by atoms with Crippen molar-refractivity contribution in [3.8, 4) is 0 Å². The largest absolute Gasteiger partial charge is 0.472 e. The van der Waals surface area contributed by atoms with Crippen LogP contribution in [0.4, 0.5) is 0 Å². The molecule has 22 nitrogen and oxygen atoms in total. The van der Waals surface area contributed by atoms with Crippen molar-refractivity contribution in [1.82, 2.24) is 0 Å². The number of rotatable bonds is 44. The molecule has 73 heavy (non-hydrogen) atoms. The number of aliphatic hydroxyl groups is 2. The van der Waals surface area contributed by atoms with Crippen LogP contribution >= 0.6 is 31.3 Å². The van der Waals surface area contributed by atoms with Gasteiger partial charge in [0.1, 0.15) is 43.2 Å². The van der Waals surface area contributed by atoms with E-state index >= 15 is 0 Å². The smallest absolute Gasteiger partial charge is 0.462 e. The van der Waals surface area contributed by atoms with Gasteiger partial charge in [0.05, 0.1) is 6.61 Å². The maximum absolute atomic E-state index is 13.3. The fourth-order valence-corrected chi connectivity index (χ4v) is 10.3. The van der Waals surface area contributed by atoms with Gasteiger partial charge in [0.15, 0.2) is 6.10 Å². The first kappa shape index (κ1) is 69.3. The topological polar surface area (TPSA) is 349 Å². The van der Waals surface area contributed by atoms with E-state index in [0.29, 0.717) is 19.3 Å². The van der Waals surface area contributed by atoms with E-state index < -0.39 is 99.2 Å². The first-order valence-corrected chi connectivity index (χ1v) is 31.8. The molecule has 0 radical (unpaired) electrons. The van der Waals surface area contributed by atoms with E-state index in [-0.39, 0.29) is 12.8 Å². The minimum absolute atomic E-state index is 0.0178. The number of esters is 2. The predicted octanol–water partition coefficient (Wildman–Crippen LogP) is 9.52. The molecule has 1 saturated carbocycles. The van der Waals surface area contributed by atoms with Crippen molar-refractivity contribution in [2.75, 3.05) is 13.2 Å². The minimum Gasteiger partial charge on any atom is -0.462 e. The molecule has 0 bridgehead atoms. The highest BCUT2D eigenvalue weighted by atomic mass is 31.2. The Kier molecular flexibility index (Phi) is 37.6. The van der Waals surface area contributed by atoms with Gasteiger partial charge >= 0.3 is 43.2 Å². The molecule has 1 rings (SSSR count). The van der Waals surface area contributed by atoms with Crippen LogP contribution in [-0.4, -0.2) is 112 Å². The average Bonchev–Trinajstić information content (AvgIpc) is 3.30. The molecule has 1 fully saturated rings. The van der Waals surface area contributed by atoms with Gasteiger partial charge in [-0.3, -0.25) is 32.2 Å². The van der Waals surface area contributed by atoms with Gasteiger partial charge in [-0.1, -0.05) is 140 Å². The molecule has 0 aromatic carbocycles. The Morgan fingerprint density at radius 3 is 1.25 bits per heavy atom. The number of unbranched alkanes of at least 4 members (excludes halogenated alkanes) is 18. The van der Waals surface area contributed by atoms with Crippen molar-refractivity contribution < 1.29 is 104 Å². The average molecular weight is 1130 g/mol. The Bertz CT molecular complexity index is 1770. The summed E-state index contributed by atoms with van der Waals surface area (Å²) in [5.74, 6) is -1.44. The number of carbonyl (C=O) groups excluding carboxylic acids is 2. The van der Waals surface area contributed by atoms with E-state index in [2.05, 4.69) is 76.0 Å². The molecular weight excluding hydrogens is 1040 g/mol. The normalized spacial score (nSPS) is 21.4. The highest BCUT2D eigenvalue weighted by Gasteiger charge is 2.59. The lowest BCUT2D eigenvalue weighted by molar-refractivity contribution is -0.209. The number of carbonyl (C=O) groups is 2. The summed E-state index contributed by atoms with van der Waals surface area (Å²) >= 11 is 0. The number of phosphoric acid groups is 4. The maximum atomic E-state index is 13.3. The Labute approximate surface area is 431 Å². The van der Waals surface area contributed by atoms with Crippen LogP contribution in [0, 0.1) is 0 Å². The Hall–Kier alpha value is -1.74. The van der Waals surface area contributed by atoms with Crippen LogP contribution in [0.2, 0.25) is 0 Å². The lowest BCUT2D eigenvalue weighted by Crippen LogP contribution is -2.65. The van der Waals surface area contributed by atoms with Crippen molar-refractivity contribution >= 4 is 43.2 Å². The fraction of sp³-hybridized carbons (Fsp3) is 0.787. The number of aliphatic hydroxyl groups excluding tert-OH is 2. The molecule has 1 aliphatic rings. The van der Waals surface area contributed by atoms with E-state index in [0.717, 1.165) is 77.0 Å². The Morgan fingerprint density at radius 1 is 0.438 bits per heavy atom. The predicted molar refractivity (Wildman–Crippen MR) is 272 cm³/mol. The standard InChI is InChI=1S/C47H86O22P4/c1-3-5-7-9-11-13-15-17-19-20-22-24-26-28-30-32-34-36-41(49)65-39(37-63-40(48)35-33-31-29-27-25-23-21-18-16-14-12-10-8-6-4-2)38-64-73(61,62)69-44-42(50)45(66-70(52,53)54)47(68-72(58,59)60)46(43(44)51)67-71(55,56)57/h11,13,17-19,21-22,24,39,42-47,50-51H,3-10,12,14-16,20,23,25-38H2,1-2H3,(H,61,62)(H2,52,53,54)(H2,55,56,57)(H2,58,59,60)/t39-,42?,43?,44?,45+,46?,47?/m1/s1. The van der Waals surface area contributed by atoms with Gasteiger partial charge in [-0.15, -0.1) is 0 Å². The Balaban J connectivity index is 2.89. The van der Waals surface area contributed by atoms with Gasteiger partial charge in [-0.2, -0.15) is 0 Å². The van der Waals surface area contributed by atoms with Crippen LogP contribution in [0.1, 0.15) is 181 Å². The van der Waals surface area contributed by atoms with Crippen molar-refractivity contribution in [3.63, 3.8) is 0 Å². The van der Waals surface area contributed by atoms with E-state index in [1.807, 2.05) is 0 Å². The molecule has 8 atom stereocenters. The summed E-state index contributed by atoms with van der Waals surface area (Å²) in [6, 6.07) is 0. The lowest BCUT2D eigenvalue weighted by Gasteiger charge is -2.45. The third-order valence-corrected chi connectivity index (χ3v) is 13.9. The van der Waals surface area contributed by atoms with Crippen LogP contribution in [-0.2, 0) is 59.9 Å². The summed E-state index contributed by atoms with van der Waals surface area (Å²) in [5.41, 5.74) is 0. The maximum Gasteiger partial charge on any atom is 0.472 e. The number of hydrogen-bond donors (Lipinski definition) is 9. The van der Waals surface area contributed by atoms with Crippen LogP contribution < -0.4 is 0 Å². The zero-order valence-corrected chi connectivity index (χ0v) is 46.2.